The van der Waals surface area contributed by atoms with E-state index in [-0.39, 0.29) is 22.2 Å². The number of furan rings is 1. The van der Waals surface area contributed by atoms with E-state index in [1.165, 1.54) is 40.1 Å². The van der Waals surface area contributed by atoms with E-state index < -0.39 is 23.5 Å². The number of thioether (sulfide) groups is 1. The molecule has 0 spiro atoms. The standard InChI is InChI=1S/C28H19N3O5S2/c32-19-12-10-17(11-13-19)23-22(24(33)21-14-18-8-4-5-9-20(18)36-21)25(34)26(35)31(23)27-29-30-28(38-27)37-15-16-6-2-1-3-7-16/h1-14,23,32,34H,15H2/t23-/m0/s1. The second kappa shape index (κ2) is 9.81. The van der Waals surface area contributed by atoms with Gasteiger partial charge in [-0.15, -0.1) is 10.2 Å². The fraction of sp³-hybridized carbons (Fsp3) is 0.0714. The Morgan fingerprint density at radius 3 is 2.47 bits per heavy atom. The number of aromatic nitrogens is 2. The zero-order valence-electron chi connectivity index (χ0n) is 19.6. The van der Waals surface area contributed by atoms with Crippen molar-refractivity contribution in [3.8, 4) is 5.75 Å². The molecule has 6 rings (SSSR count). The predicted octanol–water partition coefficient (Wildman–Crippen LogP) is 6.07. The van der Waals surface area contributed by atoms with Crippen molar-refractivity contribution in [2.24, 2.45) is 0 Å². The molecule has 0 unspecified atom stereocenters. The summed E-state index contributed by atoms with van der Waals surface area (Å²) >= 11 is 2.67. The molecule has 188 valence electrons. The topological polar surface area (TPSA) is 117 Å². The van der Waals surface area contributed by atoms with Crippen LogP contribution in [0.1, 0.15) is 27.7 Å². The number of Topliss-reactive ketones (excluding diaryl/α,β-unsaturated/α-hetero) is 1. The SMILES string of the molecule is O=C(C1=C(O)C(=O)N(c2nnc(SCc3ccccc3)s2)[C@H]1c1ccc(O)cc1)c1cc2ccccc2o1. The number of amides is 1. The molecule has 1 aliphatic rings. The van der Waals surface area contributed by atoms with E-state index >= 15 is 0 Å². The highest BCUT2D eigenvalue weighted by Crippen LogP contribution is 2.44. The molecular formula is C28H19N3O5S2. The molecule has 0 aliphatic carbocycles. The summed E-state index contributed by atoms with van der Waals surface area (Å²) in [5, 5.41) is 30.2. The summed E-state index contributed by atoms with van der Waals surface area (Å²) in [6, 6.07) is 23.7. The minimum atomic E-state index is -0.997. The van der Waals surface area contributed by atoms with Gasteiger partial charge in [-0.2, -0.15) is 0 Å². The largest absolute Gasteiger partial charge is 0.508 e. The monoisotopic (exact) mass is 541 g/mol. The fourth-order valence-corrected chi connectivity index (χ4v) is 6.13. The lowest BCUT2D eigenvalue weighted by Gasteiger charge is -2.23. The van der Waals surface area contributed by atoms with Gasteiger partial charge in [0.15, 0.2) is 15.9 Å². The maximum Gasteiger partial charge on any atom is 0.296 e. The number of carbonyl (C=O) groups is 2. The number of hydrogen-bond acceptors (Lipinski definition) is 9. The van der Waals surface area contributed by atoms with Crippen molar-refractivity contribution < 1.29 is 24.2 Å². The number of ketones is 1. The number of para-hydroxylation sites is 1. The molecule has 2 aromatic heterocycles. The van der Waals surface area contributed by atoms with Crippen LogP contribution in [0.4, 0.5) is 5.13 Å². The van der Waals surface area contributed by atoms with E-state index in [0.717, 1.165) is 10.9 Å². The van der Waals surface area contributed by atoms with Crippen molar-refractivity contribution >= 4 is 50.9 Å². The van der Waals surface area contributed by atoms with Gasteiger partial charge in [0.1, 0.15) is 11.3 Å². The summed E-state index contributed by atoms with van der Waals surface area (Å²) in [4.78, 5) is 28.3. The lowest BCUT2D eigenvalue weighted by atomic mass is 9.95. The lowest BCUT2D eigenvalue weighted by Crippen LogP contribution is -2.31. The van der Waals surface area contributed by atoms with Crippen molar-refractivity contribution in [1.29, 1.82) is 0 Å². The third-order valence-electron chi connectivity index (χ3n) is 6.12. The van der Waals surface area contributed by atoms with Crippen LogP contribution in [0.2, 0.25) is 0 Å². The summed E-state index contributed by atoms with van der Waals surface area (Å²) in [7, 11) is 0. The summed E-state index contributed by atoms with van der Waals surface area (Å²) in [6.45, 7) is 0. The highest BCUT2D eigenvalue weighted by Gasteiger charge is 2.46. The van der Waals surface area contributed by atoms with Gasteiger partial charge < -0.3 is 14.6 Å². The van der Waals surface area contributed by atoms with E-state index in [1.54, 1.807) is 30.3 Å². The van der Waals surface area contributed by atoms with Crippen molar-refractivity contribution in [3.63, 3.8) is 0 Å². The minimum Gasteiger partial charge on any atom is -0.508 e. The molecule has 0 saturated heterocycles. The molecule has 1 atom stereocenters. The van der Waals surface area contributed by atoms with Crippen LogP contribution >= 0.6 is 23.1 Å². The van der Waals surface area contributed by atoms with Gasteiger partial charge in [0.05, 0.1) is 11.6 Å². The van der Waals surface area contributed by atoms with Crippen LogP contribution in [0.15, 0.2) is 105 Å². The van der Waals surface area contributed by atoms with Crippen LogP contribution < -0.4 is 4.90 Å². The number of aromatic hydroxyl groups is 1. The average Bonchev–Trinajstić information content (AvgIpc) is 3.65. The van der Waals surface area contributed by atoms with Crippen molar-refractivity contribution in [2.45, 2.75) is 16.1 Å². The maximum absolute atomic E-state index is 13.7. The lowest BCUT2D eigenvalue weighted by molar-refractivity contribution is -0.117. The molecule has 2 N–H and O–H groups in total. The molecule has 3 heterocycles. The number of carbonyl (C=O) groups excluding carboxylic acids is 2. The number of fused-ring (bicyclic) bond motifs is 1. The second-order valence-electron chi connectivity index (χ2n) is 8.53. The van der Waals surface area contributed by atoms with E-state index in [9.17, 15) is 19.8 Å². The van der Waals surface area contributed by atoms with Gasteiger partial charge >= 0.3 is 0 Å². The normalized spacial score (nSPS) is 15.5. The smallest absolute Gasteiger partial charge is 0.296 e. The zero-order valence-corrected chi connectivity index (χ0v) is 21.3. The summed E-state index contributed by atoms with van der Waals surface area (Å²) in [5.41, 5.74) is 2.01. The highest BCUT2D eigenvalue weighted by atomic mass is 32.2. The van der Waals surface area contributed by atoms with Gasteiger partial charge in [-0.05, 0) is 35.4 Å². The summed E-state index contributed by atoms with van der Waals surface area (Å²) in [5.74, 6) is -1.36. The van der Waals surface area contributed by atoms with Crippen LogP contribution in [0.3, 0.4) is 0 Å². The van der Waals surface area contributed by atoms with E-state index in [0.29, 0.717) is 21.2 Å². The van der Waals surface area contributed by atoms with Crippen molar-refractivity contribution in [1.82, 2.24) is 10.2 Å². The predicted molar refractivity (Wildman–Crippen MR) is 144 cm³/mol. The molecule has 3 aromatic carbocycles. The first-order valence-electron chi connectivity index (χ1n) is 11.6. The quantitative estimate of drug-likeness (QED) is 0.145. The molecule has 5 aromatic rings. The van der Waals surface area contributed by atoms with E-state index in [2.05, 4.69) is 10.2 Å². The number of rotatable bonds is 7. The fourth-order valence-electron chi connectivity index (χ4n) is 4.31. The molecule has 8 nitrogen and oxygen atoms in total. The molecule has 10 heteroatoms. The highest BCUT2D eigenvalue weighted by molar-refractivity contribution is 8.00. The second-order valence-corrected chi connectivity index (χ2v) is 10.7. The Morgan fingerprint density at radius 2 is 1.71 bits per heavy atom. The number of nitrogens with zero attached hydrogens (tertiary/aromatic N) is 3. The Hall–Kier alpha value is -4.41. The van der Waals surface area contributed by atoms with Crippen LogP contribution in [0.5, 0.6) is 5.75 Å². The number of phenols is 1. The number of benzene rings is 3. The van der Waals surface area contributed by atoms with Crippen molar-refractivity contribution in [3.05, 3.63) is 113 Å². The van der Waals surface area contributed by atoms with Crippen LogP contribution in [-0.4, -0.2) is 32.1 Å². The van der Waals surface area contributed by atoms with Crippen LogP contribution in [-0.2, 0) is 10.5 Å². The van der Waals surface area contributed by atoms with Gasteiger partial charge in [-0.1, -0.05) is 83.8 Å². The average molecular weight is 542 g/mol. The molecule has 38 heavy (non-hydrogen) atoms. The summed E-state index contributed by atoms with van der Waals surface area (Å²) < 4.78 is 6.39. The molecule has 0 saturated carbocycles. The Balaban J connectivity index is 1.37. The van der Waals surface area contributed by atoms with Gasteiger partial charge in [0.25, 0.3) is 5.91 Å². The Kier molecular flexibility index (Phi) is 6.18. The summed E-state index contributed by atoms with van der Waals surface area (Å²) in [6.07, 6.45) is 0. The third-order valence-corrected chi connectivity index (χ3v) is 8.24. The zero-order chi connectivity index (χ0) is 26.2. The maximum atomic E-state index is 13.7. The third kappa shape index (κ3) is 4.33. The first-order valence-corrected chi connectivity index (χ1v) is 13.4. The Labute approximate surface area is 224 Å². The van der Waals surface area contributed by atoms with Crippen LogP contribution in [0.25, 0.3) is 11.0 Å². The van der Waals surface area contributed by atoms with E-state index in [4.69, 9.17) is 4.42 Å². The number of hydrogen-bond donors (Lipinski definition) is 2. The molecule has 0 fully saturated rings. The molecule has 0 radical (unpaired) electrons. The Morgan fingerprint density at radius 1 is 0.974 bits per heavy atom. The molecular weight excluding hydrogens is 522 g/mol. The number of aliphatic hydroxyl groups excluding tert-OH is 1. The first kappa shape index (κ1) is 24.0. The van der Waals surface area contributed by atoms with Crippen molar-refractivity contribution in [2.75, 3.05) is 4.90 Å². The first-order chi connectivity index (χ1) is 18.5. The number of anilines is 1. The minimum absolute atomic E-state index is 0.00236. The van der Waals surface area contributed by atoms with Gasteiger partial charge in [-0.3, -0.25) is 14.5 Å². The van der Waals surface area contributed by atoms with Gasteiger partial charge in [0, 0.05) is 11.1 Å². The van der Waals surface area contributed by atoms with Gasteiger partial charge in [-0.25, -0.2) is 0 Å². The Bertz CT molecular complexity index is 1660. The number of phenolic OH excluding ortho intramolecular Hbond substituents is 1. The molecule has 1 amide bonds. The molecule has 0 bridgehead atoms. The van der Waals surface area contributed by atoms with E-state index in [1.807, 2.05) is 42.5 Å². The molecule has 1 aliphatic heterocycles. The van der Waals surface area contributed by atoms with Gasteiger partial charge in [0.2, 0.25) is 10.9 Å². The van der Waals surface area contributed by atoms with Crippen LogP contribution in [0, 0.1) is 0 Å². The number of aliphatic hydroxyl groups is 1.